The van der Waals surface area contributed by atoms with Crippen LogP contribution in [-0.4, -0.2) is 54.1 Å². The summed E-state index contributed by atoms with van der Waals surface area (Å²) in [6.45, 7) is 8.86. The molecule has 2 atom stereocenters. The van der Waals surface area contributed by atoms with Crippen LogP contribution in [0.15, 0.2) is 18.2 Å². The number of rotatable bonds is 3. The number of hydrogen-bond acceptors (Lipinski definition) is 5. The predicted molar refractivity (Wildman–Crippen MR) is 99.6 cm³/mol. The van der Waals surface area contributed by atoms with Crippen molar-refractivity contribution < 1.29 is 14.5 Å². The lowest BCUT2D eigenvalue weighted by Gasteiger charge is -2.37. The molecule has 0 spiro atoms. The lowest BCUT2D eigenvalue weighted by Crippen LogP contribution is -2.48. The smallest absolute Gasteiger partial charge is 0.270 e. The average molecular weight is 361 g/mol. The zero-order chi connectivity index (χ0) is 18.8. The van der Waals surface area contributed by atoms with Gasteiger partial charge in [-0.05, 0) is 38.7 Å². The van der Waals surface area contributed by atoms with Crippen LogP contribution in [-0.2, 0) is 4.74 Å². The molecule has 2 fully saturated rings. The van der Waals surface area contributed by atoms with Gasteiger partial charge in [0.15, 0.2) is 0 Å². The van der Waals surface area contributed by atoms with Gasteiger partial charge < -0.3 is 14.5 Å². The van der Waals surface area contributed by atoms with Crippen molar-refractivity contribution in [2.24, 2.45) is 5.92 Å². The van der Waals surface area contributed by atoms with E-state index in [0.29, 0.717) is 24.6 Å². The third kappa shape index (κ3) is 3.98. The third-order valence-corrected chi connectivity index (χ3v) is 5.25. The van der Waals surface area contributed by atoms with E-state index in [9.17, 15) is 14.9 Å². The van der Waals surface area contributed by atoms with E-state index in [2.05, 4.69) is 11.8 Å². The molecule has 2 saturated heterocycles. The Bertz CT molecular complexity index is 675. The van der Waals surface area contributed by atoms with Gasteiger partial charge in [0.05, 0.1) is 28.4 Å². The molecule has 3 rings (SSSR count). The van der Waals surface area contributed by atoms with E-state index in [-0.39, 0.29) is 23.8 Å². The summed E-state index contributed by atoms with van der Waals surface area (Å²) in [7, 11) is 0. The topological polar surface area (TPSA) is 75.9 Å². The molecule has 0 aliphatic carbocycles. The highest BCUT2D eigenvalue weighted by atomic mass is 16.6. The SMILES string of the molecule is CC1CCN(c2ccc([N+](=O)[O-])cc2C(=O)N2CC(C)OC(C)C2)CC1. The number of piperidine rings is 1. The lowest BCUT2D eigenvalue weighted by atomic mass is 9.97. The Morgan fingerprint density at radius 2 is 1.77 bits per heavy atom. The highest BCUT2D eigenvalue weighted by Crippen LogP contribution is 2.31. The maximum absolute atomic E-state index is 13.2. The Labute approximate surface area is 154 Å². The van der Waals surface area contributed by atoms with E-state index in [4.69, 9.17) is 4.74 Å². The first-order valence-electron chi connectivity index (χ1n) is 9.33. The second kappa shape index (κ2) is 7.61. The number of ether oxygens (including phenoxy) is 1. The molecule has 7 nitrogen and oxygen atoms in total. The van der Waals surface area contributed by atoms with Crippen LogP contribution in [0.3, 0.4) is 0 Å². The van der Waals surface area contributed by atoms with E-state index >= 15 is 0 Å². The fraction of sp³-hybridized carbons (Fsp3) is 0.632. The van der Waals surface area contributed by atoms with Crippen LogP contribution in [0.5, 0.6) is 0 Å². The van der Waals surface area contributed by atoms with E-state index in [0.717, 1.165) is 31.6 Å². The van der Waals surface area contributed by atoms with E-state index in [1.165, 1.54) is 12.1 Å². The average Bonchev–Trinajstić information content (AvgIpc) is 2.60. The van der Waals surface area contributed by atoms with Crippen molar-refractivity contribution in [2.75, 3.05) is 31.1 Å². The first-order valence-corrected chi connectivity index (χ1v) is 9.33. The molecular formula is C19H27N3O4. The summed E-state index contributed by atoms with van der Waals surface area (Å²) in [6.07, 6.45) is 2.05. The maximum Gasteiger partial charge on any atom is 0.270 e. The molecule has 2 aliphatic heterocycles. The van der Waals surface area contributed by atoms with Gasteiger partial charge in [-0.3, -0.25) is 14.9 Å². The second-order valence-corrected chi connectivity index (χ2v) is 7.60. The van der Waals surface area contributed by atoms with Crippen LogP contribution in [0.4, 0.5) is 11.4 Å². The molecule has 7 heteroatoms. The summed E-state index contributed by atoms with van der Waals surface area (Å²) >= 11 is 0. The summed E-state index contributed by atoms with van der Waals surface area (Å²) in [6, 6.07) is 4.66. The van der Waals surface area contributed by atoms with Gasteiger partial charge in [-0.15, -0.1) is 0 Å². The number of benzene rings is 1. The van der Waals surface area contributed by atoms with Crippen molar-refractivity contribution >= 4 is 17.3 Å². The Morgan fingerprint density at radius 3 is 2.35 bits per heavy atom. The van der Waals surface area contributed by atoms with Crippen molar-refractivity contribution in [1.82, 2.24) is 4.90 Å². The summed E-state index contributed by atoms with van der Waals surface area (Å²) in [4.78, 5) is 27.9. The van der Waals surface area contributed by atoms with Gasteiger partial charge >= 0.3 is 0 Å². The molecule has 26 heavy (non-hydrogen) atoms. The molecule has 0 bridgehead atoms. The van der Waals surface area contributed by atoms with E-state index < -0.39 is 4.92 Å². The predicted octanol–water partition coefficient (Wildman–Crippen LogP) is 3.08. The van der Waals surface area contributed by atoms with Crippen LogP contribution in [0.1, 0.15) is 44.0 Å². The molecule has 0 radical (unpaired) electrons. The van der Waals surface area contributed by atoms with Gasteiger partial charge in [-0.1, -0.05) is 6.92 Å². The number of carbonyl (C=O) groups is 1. The zero-order valence-electron chi connectivity index (χ0n) is 15.7. The normalized spacial score (nSPS) is 24.6. The number of nitro groups is 1. The first kappa shape index (κ1) is 18.6. The zero-order valence-corrected chi connectivity index (χ0v) is 15.7. The number of carbonyl (C=O) groups excluding carboxylic acids is 1. The van der Waals surface area contributed by atoms with Crippen LogP contribution in [0.25, 0.3) is 0 Å². The number of nitrogens with zero attached hydrogens (tertiary/aromatic N) is 3. The quantitative estimate of drug-likeness (QED) is 0.611. The highest BCUT2D eigenvalue weighted by molar-refractivity contribution is 6.00. The van der Waals surface area contributed by atoms with Gasteiger partial charge in [0.1, 0.15) is 0 Å². The summed E-state index contributed by atoms with van der Waals surface area (Å²) in [5.74, 6) is 0.522. The highest BCUT2D eigenvalue weighted by Gasteiger charge is 2.30. The van der Waals surface area contributed by atoms with Gasteiger partial charge in [-0.25, -0.2) is 0 Å². The van der Waals surface area contributed by atoms with Crippen molar-refractivity contribution in [3.05, 3.63) is 33.9 Å². The van der Waals surface area contributed by atoms with Gasteiger partial charge in [0, 0.05) is 38.3 Å². The van der Waals surface area contributed by atoms with Crippen molar-refractivity contribution in [3.8, 4) is 0 Å². The molecule has 2 unspecified atom stereocenters. The molecule has 0 aromatic heterocycles. The molecule has 1 aromatic rings. The Morgan fingerprint density at radius 1 is 1.15 bits per heavy atom. The molecule has 0 saturated carbocycles. The summed E-state index contributed by atoms with van der Waals surface area (Å²) < 4.78 is 5.71. The Hall–Kier alpha value is -2.15. The number of nitro benzene ring substituents is 1. The summed E-state index contributed by atoms with van der Waals surface area (Å²) in [5.41, 5.74) is 1.19. The number of non-ortho nitro benzene ring substituents is 1. The van der Waals surface area contributed by atoms with Gasteiger partial charge in [0.2, 0.25) is 0 Å². The summed E-state index contributed by atoms with van der Waals surface area (Å²) in [5, 5.41) is 11.2. The Kier molecular flexibility index (Phi) is 5.46. The lowest BCUT2D eigenvalue weighted by molar-refractivity contribution is -0.384. The number of amides is 1. The monoisotopic (exact) mass is 361 g/mol. The minimum atomic E-state index is -0.441. The minimum Gasteiger partial charge on any atom is -0.372 e. The van der Waals surface area contributed by atoms with Gasteiger partial charge in [-0.2, -0.15) is 0 Å². The molecule has 2 heterocycles. The molecule has 142 valence electrons. The minimum absolute atomic E-state index is 0.0410. The number of anilines is 1. The largest absolute Gasteiger partial charge is 0.372 e. The van der Waals surface area contributed by atoms with Crippen LogP contribution in [0, 0.1) is 16.0 Å². The van der Waals surface area contributed by atoms with Crippen molar-refractivity contribution in [3.63, 3.8) is 0 Å². The molecule has 1 amide bonds. The number of hydrogen-bond donors (Lipinski definition) is 0. The van der Waals surface area contributed by atoms with E-state index in [1.807, 2.05) is 13.8 Å². The van der Waals surface area contributed by atoms with Gasteiger partial charge in [0.25, 0.3) is 11.6 Å². The second-order valence-electron chi connectivity index (χ2n) is 7.60. The molecule has 1 aromatic carbocycles. The fourth-order valence-electron chi connectivity index (χ4n) is 3.85. The Balaban J connectivity index is 1.93. The third-order valence-electron chi connectivity index (χ3n) is 5.25. The first-order chi connectivity index (χ1) is 12.3. The standard InChI is InChI=1S/C19H27N3O4/c1-13-6-8-20(9-7-13)18-5-4-16(22(24)25)10-17(18)19(23)21-11-14(2)26-15(3)12-21/h4-5,10,13-15H,6-9,11-12H2,1-3H3. The fourth-order valence-corrected chi connectivity index (χ4v) is 3.85. The molecule has 2 aliphatic rings. The molecule has 0 N–H and O–H groups in total. The van der Waals surface area contributed by atoms with Crippen LogP contribution >= 0.6 is 0 Å². The van der Waals surface area contributed by atoms with Crippen LogP contribution in [0.2, 0.25) is 0 Å². The van der Waals surface area contributed by atoms with E-state index in [1.54, 1.807) is 11.0 Å². The van der Waals surface area contributed by atoms with Crippen LogP contribution < -0.4 is 4.90 Å². The van der Waals surface area contributed by atoms with Crippen molar-refractivity contribution in [1.29, 1.82) is 0 Å². The maximum atomic E-state index is 13.2. The van der Waals surface area contributed by atoms with Crippen molar-refractivity contribution in [2.45, 2.75) is 45.8 Å². The molecular weight excluding hydrogens is 334 g/mol. The number of morpholine rings is 1.